The molecule has 0 saturated heterocycles. The molecule has 0 aromatic heterocycles. The number of hydrogen-bond acceptors (Lipinski definition) is 2. The van der Waals surface area contributed by atoms with Gasteiger partial charge in [0, 0.05) is 10.7 Å². The van der Waals surface area contributed by atoms with Crippen molar-refractivity contribution in [2.45, 2.75) is 0 Å². The van der Waals surface area contributed by atoms with Crippen LogP contribution < -0.4 is 0 Å². The number of hydrogen-bond donors (Lipinski definition) is 1. The largest absolute Gasteiger partial charge is 0.478 e. The van der Waals surface area contributed by atoms with Gasteiger partial charge >= 0.3 is 5.97 Å². The Labute approximate surface area is 121 Å². The Bertz CT molecular complexity index is 451. The first-order valence-corrected chi connectivity index (χ1v) is 6.53. The highest BCUT2D eigenvalue weighted by Crippen LogP contribution is 2.27. The Morgan fingerprint density at radius 1 is 1.29 bits per heavy atom. The standard InChI is InChI=1S/C8H2I3NO2/c9-5-3(2-12)1-4(8(13)14)6(10)7(5)11/h1H,(H,13,14). The van der Waals surface area contributed by atoms with Gasteiger partial charge < -0.3 is 5.11 Å². The van der Waals surface area contributed by atoms with Crippen LogP contribution in [0.4, 0.5) is 0 Å². The number of nitriles is 1. The second kappa shape index (κ2) is 4.93. The Morgan fingerprint density at radius 3 is 2.29 bits per heavy atom. The van der Waals surface area contributed by atoms with E-state index in [0.717, 1.165) is 7.14 Å². The van der Waals surface area contributed by atoms with Crippen molar-refractivity contribution in [3.05, 3.63) is 27.9 Å². The maximum Gasteiger partial charge on any atom is 0.336 e. The lowest BCUT2D eigenvalue weighted by molar-refractivity contribution is 0.0695. The zero-order valence-electron chi connectivity index (χ0n) is 6.51. The molecule has 0 bridgehead atoms. The summed E-state index contributed by atoms with van der Waals surface area (Å²) in [5.74, 6) is -1.000. The van der Waals surface area contributed by atoms with Crippen LogP contribution in [-0.2, 0) is 0 Å². The van der Waals surface area contributed by atoms with Gasteiger partial charge in [-0.15, -0.1) is 0 Å². The third-order valence-corrected chi connectivity index (χ3v) is 6.88. The van der Waals surface area contributed by atoms with Crippen LogP contribution in [0.1, 0.15) is 15.9 Å². The second-order valence-electron chi connectivity index (χ2n) is 2.33. The van der Waals surface area contributed by atoms with E-state index >= 15 is 0 Å². The molecule has 72 valence electrons. The fourth-order valence-corrected chi connectivity index (χ4v) is 3.14. The van der Waals surface area contributed by atoms with Crippen molar-refractivity contribution in [2.75, 3.05) is 0 Å². The highest BCUT2D eigenvalue weighted by Gasteiger charge is 2.16. The lowest BCUT2D eigenvalue weighted by Gasteiger charge is -2.05. The van der Waals surface area contributed by atoms with Crippen LogP contribution in [0.5, 0.6) is 0 Å². The molecule has 1 aromatic carbocycles. The van der Waals surface area contributed by atoms with Crippen molar-refractivity contribution in [3.8, 4) is 6.07 Å². The van der Waals surface area contributed by atoms with Gasteiger partial charge in [-0.3, -0.25) is 0 Å². The van der Waals surface area contributed by atoms with Gasteiger partial charge in [-0.25, -0.2) is 4.79 Å². The molecular formula is C8H2I3NO2. The molecule has 0 saturated carbocycles. The van der Waals surface area contributed by atoms with E-state index in [-0.39, 0.29) is 5.56 Å². The zero-order valence-corrected chi connectivity index (χ0v) is 13.0. The van der Waals surface area contributed by atoms with Crippen molar-refractivity contribution in [3.63, 3.8) is 0 Å². The van der Waals surface area contributed by atoms with Crippen LogP contribution in [0.3, 0.4) is 0 Å². The minimum atomic E-state index is -1.000. The lowest BCUT2D eigenvalue weighted by Crippen LogP contribution is -2.04. The van der Waals surface area contributed by atoms with E-state index in [2.05, 4.69) is 0 Å². The molecule has 14 heavy (non-hydrogen) atoms. The average molecular weight is 525 g/mol. The molecule has 0 unspecified atom stereocenters. The number of aromatic carboxylic acids is 1. The number of benzene rings is 1. The summed E-state index contributed by atoms with van der Waals surface area (Å²) in [5, 5.41) is 17.7. The third kappa shape index (κ3) is 2.30. The maximum atomic E-state index is 10.8. The third-order valence-electron chi connectivity index (χ3n) is 1.50. The molecule has 0 fully saturated rings. The van der Waals surface area contributed by atoms with Gasteiger partial charge in [-0.2, -0.15) is 5.26 Å². The van der Waals surface area contributed by atoms with Crippen LogP contribution in [-0.4, -0.2) is 11.1 Å². The van der Waals surface area contributed by atoms with E-state index in [4.69, 9.17) is 10.4 Å². The van der Waals surface area contributed by atoms with Gasteiger partial charge in [0.1, 0.15) is 6.07 Å². The molecule has 0 atom stereocenters. The van der Waals surface area contributed by atoms with Gasteiger partial charge in [0.25, 0.3) is 0 Å². The van der Waals surface area contributed by atoms with Crippen LogP contribution in [0, 0.1) is 22.0 Å². The molecule has 0 radical (unpaired) electrons. The van der Waals surface area contributed by atoms with Crippen LogP contribution in [0.15, 0.2) is 6.07 Å². The molecule has 1 rings (SSSR count). The van der Waals surface area contributed by atoms with E-state index < -0.39 is 5.97 Å². The highest BCUT2D eigenvalue weighted by atomic mass is 127. The first-order chi connectivity index (χ1) is 6.49. The number of carboxylic acids is 1. The summed E-state index contributed by atoms with van der Waals surface area (Å²) in [6.07, 6.45) is 0. The molecule has 0 heterocycles. The van der Waals surface area contributed by atoms with Gasteiger partial charge in [-0.05, 0) is 73.8 Å². The van der Waals surface area contributed by atoms with Crippen molar-refractivity contribution in [1.82, 2.24) is 0 Å². The molecule has 1 aromatic rings. The monoisotopic (exact) mass is 525 g/mol. The Kier molecular flexibility index (Phi) is 4.38. The van der Waals surface area contributed by atoms with Crippen molar-refractivity contribution < 1.29 is 9.90 Å². The quantitative estimate of drug-likeness (QED) is 0.454. The predicted octanol–water partition coefficient (Wildman–Crippen LogP) is 3.07. The summed E-state index contributed by atoms with van der Waals surface area (Å²) >= 11 is 6.07. The van der Waals surface area contributed by atoms with E-state index in [0.29, 0.717) is 9.13 Å². The number of carboxylic acid groups (broad SMARTS) is 1. The molecular weight excluding hydrogens is 523 g/mol. The molecule has 3 nitrogen and oxygen atoms in total. The van der Waals surface area contributed by atoms with E-state index in [1.165, 1.54) is 6.07 Å². The van der Waals surface area contributed by atoms with Crippen LogP contribution in [0.25, 0.3) is 0 Å². The smallest absolute Gasteiger partial charge is 0.336 e. The minimum Gasteiger partial charge on any atom is -0.478 e. The number of rotatable bonds is 1. The Hall–Kier alpha value is 0.370. The topological polar surface area (TPSA) is 61.1 Å². The second-order valence-corrected chi connectivity index (χ2v) is 5.57. The summed E-state index contributed by atoms with van der Waals surface area (Å²) in [6.45, 7) is 0. The lowest BCUT2D eigenvalue weighted by atomic mass is 10.1. The van der Waals surface area contributed by atoms with Gasteiger partial charge in [0.2, 0.25) is 0 Å². The van der Waals surface area contributed by atoms with Crippen molar-refractivity contribution in [1.29, 1.82) is 5.26 Å². The normalized spacial score (nSPS) is 9.57. The molecule has 0 aliphatic rings. The molecule has 0 spiro atoms. The summed E-state index contributed by atoms with van der Waals surface area (Å²) in [5.41, 5.74) is 0.597. The molecule has 0 amide bonds. The number of halogens is 3. The van der Waals surface area contributed by atoms with Crippen LogP contribution in [0.2, 0.25) is 0 Å². The molecule has 0 aliphatic heterocycles. The summed E-state index contributed by atoms with van der Waals surface area (Å²) in [7, 11) is 0. The van der Waals surface area contributed by atoms with Gasteiger partial charge in [0.05, 0.1) is 11.1 Å². The average Bonchev–Trinajstić information content (AvgIpc) is 2.14. The zero-order chi connectivity index (χ0) is 10.9. The minimum absolute atomic E-state index is 0.187. The Balaban J connectivity index is 3.59. The maximum absolute atomic E-state index is 10.8. The van der Waals surface area contributed by atoms with Crippen LogP contribution >= 0.6 is 67.8 Å². The Morgan fingerprint density at radius 2 is 1.86 bits per heavy atom. The van der Waals surface area contributed by atoms with E-state index in [1.54, 1.807) is 0 Å². The first kappa shape index (κ1) is 12.4. The molecule has 6 heteroatoms. The van der Waals surface area contributed by atoms with Gasteiger partial charge in [-0.1, -0.05) is 0 Å². The fourth-order valence-electron chi connectivity index (χ4n) is 0.841. The van der Waals surface area contributed by atoms with Crippen molar-refractivity contribution in [2.24, 2.45) is 0 Å². The number of carbonyl (C=O) groups is 1. The number of nitrogens with zero attached hydrogens (tertiary/aromatic N) is 1. The summed E-state index contributed by atoms with van der Waals surface area (Å²) < 4.78 is 2.31. The highest BCUT2D eigenvalue weighted by molar-refractivity contribution is 14.1. The van der Waals surface area contributed by atoms with E-state index in [1.807, 2.05) is 73.8 Å². The van der Waals surface area contributed by atoms with Crippen molar-refractivity contribution >= 4 is 73.7 Å². The molecule has 1 N–H and O–H groups in total. The predicted molar refractivity (Wildman–Crippen MR) is 76.3 cm³/mol. The van der Waals surface area contributed by atoms with Gasteiger partial charge in [0.15, 0.2) is 0 Å². The SMILES string of the molecule is N#Cc1cc(C(=O)O)c(I)c(I)c1I. The summed E-state index contributed by atoms with van der Waals surface area (Å²) in [4.78, 5) is 10.8. The van der Waals surface area contributed by atoms with E-state index in [9.17, 15) is 4.79 Å². The summed E-state index contributed by atoms with van der Waals surface area (Å²) in [6, 6.07) is 3.39. The first-order valence-electron chi connectivity index (χ1n) is 3.30. The molecule has 0 aliphatic carbocycles. The fraction of sp³-hybridized carbons (Fsp3) is 0.